The fraction of sp³-hybridized carbons (Fsp3) is 0.364. The summed E-state index contributed by atoms with van der Waals surface area (Å²) in [6.07, 6.45) is 2.10. The molecule has 0 fully saturated rings. The van der Waals surface area contributed by atoms with Crippen LogP contribution in [0.4, 0.5) is 5.69 Å². The second kappa shape index (κ2) is 11.6. The zero-order valence-corrected chi connectivity index (χ0v) is 19.7. The third kappa shape index (κ3) is 6.01. The van der Waals surface area contributed by atoms with Crippen molar-refractivity contribution in [2.45, 2.75) is 25.8 Å². The summed E-state index contributed by atoms with van der Waals surface area (Å²) < 4.78 is 10.5. The molecule has 1 aliphatic rings. The molecule has 3 N–H and O–H groups in total. The van der Waals surface area contributed by atoms with Gasteiger partial charge in [0.15, 0.2) is 17.5 Å². The Bertz CT molecular complexity index is 888. The van der Waals surface area contributed by atoms with Gasteiger partial charge in [0.25, 0.3) is 0 Å². The Morgan fingerprint density at radius 2 is 1.93 bits per heavy atom. The van der Waals surface area contributed by atoms with Gasteiger partial charge in [0, 0.05) is 25.2 Å². The van der Waals surface area contributed by atoms with Gasteiger partial charge < -0.3 is 25.4 Å². The molecule has 1 aliphatic heterocycles. The predicted octanol–water partition coefficient (Wildman–Crippen LogP) is 3.10. The van der Waals surface area contributed by atoms with Gasteiger partial charge >= 0.3 is 0 Å². The molecule has 3 rings (SSSR count). The van der Waals surface area contributed by atoms with Gasteiger partial charge in [-0.3, -0.25) is 4.79 Å². The number of aliphatic imine (C=N–C) groups is 1. The first-order valence-corrected chi connectivity index (χ1v) is 9.75. The maximum Gasteiger partial charge on any atom is 0.227 e. The molecule has 8 heteroatoms. The van der Waals surface area contributed by atoms with Crippen LogP contribution in [0.2, 0.25) is 0 Å². The van der Waals surface area contributed by atoms with Gasteiger partial charge in [-0.15, -0.1) is 24.0 Å². The number of halogens is 1. The molecule has 1 heterocycles. The van der Waals surface area contributed by atoms with Crippen molar-refractivity contribution >= 4 is 41.5 Å². The van der Waals surface area contributed by atoms with Gasteiger partial charge in [-0.2, -0.15) is 0 Å². The van der Waals surface area contributed by atoms with Crippen molar-refractivity contribution in [3.05, 3.63) is 53.6 Å². The van der Waals surface area contributed by atoms with E-state index in [9.17, 15) is 4.79 Å². The van der Waals surface area contributed by atoms with Crippen molar-refractivity contribution < 1.29 is 14.3 Å². The van der Waals surface area contributed by atoms with Crippen LogP contribution in [-0.2, 0) is 17.8 Å². The number of ether oxygens (including phenoxy) is 2. The zero-order valence-electron chi connectivity index (χ0n) is 17.4. The van der Waals surface area contributed by atoms with Gasteiger partial charge in [0.2, 0.25) is 5.91 Å². The van der Waals surface area contributed by atoms with Crippen LogP contribution in [0.5, 0.6) is 11.5 Å². The van der Waals surface area contributed by atoms with Crippen LogP contribution in [-0.4, -0.2) is 39.2 Å². The van der Waals surface area contributed by atoms with Crippen LogP contribution >= 0.6 is 24.0 Å². The third-order valence-corrected chi connectivity index (χ3v) is 4.94. The molecule has 162 valence electrons. The first-order valence-electron chi connectivity index (χ1n) is 9.75. The number of rotatable bonds is 8. The number of para-hydroxylation sites is 1. The Morgan fingerprint density at radius 1 is 1.17 bits per heavy atom. The molecule has 0 atom stereocenters. The standard InChI is InChI=1S/C22H28N4O3.HI/c1-28-19-10-9-16(14-20(19)29-2)15-25-22(23)24-12-5-8-21(27)26-13-11-17-6-3-4-7-18(17)26;/h3-4,6-7,9-10,14H,5,8,11-13,15H2,1-2H3,(H3,23,24,25);1H. The lowest BCUT2D eigenvalue weighted by Crippen LogP contribution is -2.34. The van der Waals surface area contributed by atoms with Gasteiger partial charge in [-0.25, -0.2) is 4.99 Å². The fourth-order valence-corrected chi connectivity index (χ4v) is 3.40. The molecule has 0 unspecified atom stereocenters. The first kappa shape index (κ1) is 23.8. The molecule has 0 bridgehead atoms. The first-order chi connectivity index (χ1) is 14.1. The number of fused-ring (bicyclic) bond motifs is 1. The molecular weight excluding hydrogens is 495 g/mol. The lowest BCUT2D eigenvalue weighted by molar-refractivity contribution is -0.118. The number of nitrogens with two attached hydrogens (primary N) is 1. The average Bonchev–Trinajstić information content (AvgIpc) is 3.19. The van der Waals surface area contributed by atoms with Crippen LogP contribution in [0.1, 0.15) is 24.0 Å². The Kier molecular flexibility index (Phi) is 9.22. The maximum atomic E-state index is 12.5. The second-order valence-electron chi connectivity index (χ2n) is 6.85. The molecule has 2 aromatic rings. The highest BCUT2D eigenvalue weighted by Crippen LogP contribution is 2.28. The van der Waals surface area contributed by atoms with Crippen molar-refractivity contribution in [1.82, 2.24) is 5.32 Å². The van der Waals surface area contributed by atoms with Crippen molar-refractivity contribution in [3.63, 3.8) is 0 Å². The van der Waals surface area contributed by atoms with Gasteiger partial charge in [0.1, 0.15) is 0 Å². The number of hydrogen-bond acceptors (Lipinski definition) is 4. The van der Waals surface area contributed by atoms with Crippen molar-refractivity contribution in [3.8, 4) is 11.5 Å². The number of amides is 1. The van der Waals surface area contributed by atoms with Gasteiger partial charge in [0.05, 0.1) is 20.8 Å². The van der Waals surface area contributed by atoms with E-state index in [4.69, 9.17) is 15.2 Å². The minimum Gasteiger partial charge on any atom is -0.493 e. The molecule has 0 aliphatic carbocycles. The number of nitrogens with zero attached hydrogens (tertiary/aromatic N) is 2. The van der Waals surface area contributed by atoms with E-state index < -0.39 is 0 Å². The topological polar surface area (TPSA) is 89.2 Å². The molecule has 0 saturated heterocycles. The number of carbonyl (C=O) groups is 1. The lowest BCUT2D eigenvalue weighted by Gasteiger charge is -2.17. The molecule has 30 heavy (non-hydrogen) atoms. The smallest absolute Gasteiger partial charge is 0.227 e. The molecule has 0 saturated carbocycles. The van der Waals surface area contributed by atoms with Crippen molar-refractivity contribution in [1.29, 1.82) is 0 Å². The highest BCUT2D eigenvalue weighted by molar-refractivity contribution is 14.0. The zero-order chi connectivity index (χ0) is 20.6. The van der Waals surface area contributed by atoms with E-state index in [-0.39, 0.29) is 29.9 Å². The van der Waals surface area contributed by atoms with E-state index in [2.05, 4.69) is 16.4 Å². The fourth-order valence-electron chi connectivity index (χ4n) is 3.40. The summed E-state index contributed by atoms with van der Waals surface area (Å²) in [5.41, 5.74) is 9.19. The Balaban J connectivity index is 0.00000320. The van der Waals surface area contributed by atoms with Crippen LogP contribution in [0, 0.1) is 0 Å². The number of benzene rings is 2. The average molecular weight is 524 g/mol. The molecular formula is C22H29IN4O3. The Morgan fingerprint density at radius 3 is 2.70 bits per heavy atom. The SMILES string of the molecule is COc1ccc(CN=C(N)NCCCC(=O)N2CCc3ccccc32)cc1OC.I. The molecule has 1 amide bonds. The van der Waals surface area contributed by atoms with Crippen molar-refractivity contribution in [2.75, 3.05) is 32.2 Å². The van der Waals surface area contributed by atoms with Crippen LogP contribution in [0.15, 0.2) is 47.5 Å². The van der Waals surface area contributed by atoms with Gasteiger partial charge in [-0.1, -0.05) is 24.3 Å². The number of guanidine groups is 1. The van der Waals surface area contributed by atoms with Crippen LogP contribution in [0.25, 0.3) is 0 Å². The van der Waals surface area contributed by atoms with Crippen LogP contribution in [0.3, 0.4) is 0 Å². The maximum absolute atomic E-state index is 12.5. The number of methoxy groups -OCH3 is 2. The second-order valence-corrected chi connectivity index (χ2v) is 6.85. The monoisotopic (exact) mass is 524 g/mol. The van der Waals surface area contributed by atoms with E-state index in [0.717, 1.165) is 24.2 Å². The molecule has 0 radical (unpaired) electrons. The van der Waals surface area contributed by atoms with Crippen LogP contribution < -0.4 is 25.4 Å². The minimum absolute atomic E-state index is 0. The largest absolute Gasteiger partial charge is 0.493 e. The quantitative estimate of drug-likeness (QED) is 0.240. The number of hydrogen-bond donors (Lipinski definition) is 2. The van der Waals surface area contributed by atoms with E-state index in [0.29, 0.717) is 43.4 Å². The van der Waals surface area contributed by atoms with E-state index in [1.807, 2.05) is 41.3 Å². The number of carbonyl (C=O) groups excluding carboxylic acids is 1. The predicted molar refractivity (Wildman–Crippen MR) is 130 cm³/mol. The van der Waals surface area contributed by atoms with Gasteiger partial charge in [-0.05, 0) is 42.2 Å². The highest BCUT2D eigenvalue weighted by atomic mass is 127. The summed E-state index contributed by atoms with van der Waals surface area (Å²) in [5, 5.41) is 3.07. The number of nitrogens with one attached hydrogen (secondary N) is 1. The molecule has 0 aromatic heterocycles. The third-order valence-electron chi connectivity index (χ3n) is 4.94. The molecule has 2 aromatic carbocycles. The summed E-state index contributed by atoms with van der Waals surface area (Å²) in [6, 6.07) is 13.7. The summed E-state index contributed by atoms with van der Waals surface area (Å²) in [7, 11) is 3.20. The van der Waals surface area contributed by atoms with Crippen molar-refractivity contribution in [2.24, 2.45) is 10.7 Å². The minimum atomic E-state index is 0. The highest BCUT2D eigenvalue weighted by Gasteiger charge is 2.23. The Labute approximate surface area is 194 Å². The Hall–Kier alpha value is -2.49. The lowest BCUT2D eigenvalue weighted by atomic mass is 10.2. The van der Waals surface area contributed by atoms with E-state index >= 15 is 0 Å². The summed E-state index contributed by atoms with van der Waals surface area (Å²) in [6.45, 7) is 1.80. The summed E-state index contributed by atoms with van der Waals surface area (Å²) in [4.78, 5) is 18.7. The van der Waals surface area contributed by atoms with E-state index in [1.165, 1.54) is 5.56 Å². The summed E-state index contributed by atoms with van der Waals surface area (Å²) in [5.74, 6) is 1.85. The normalized spacial score (nSPS) is 12.7. The molecule has 0 spiro atoms. The number of anilines is 1. The summed E-state index contributed by atoms with van der Waals surface area (Å²) >= 11 is 0. The molecule has 7 nitrogen and oxygen atoms in total. The van der Waals surface area contributed by atoms with E-state index in [1.54, 1.807) is 14.2 Å².